The highest BCUT2D eigenvalue weighted by molar-refractivity contribution is 5.99. The highest BCUT2D eigenvalue weighted by atomic mass is 19.2. The van der Waals surface area contributed by atoms with E-state index in [1.165, 1.54) is 13.8 Å². The Balaban J connectivity index is 2.86. The third-order valence-corrected chi connectivity index (χ3v) is 2.02. The van der Waals surface area contributed by atoms with Crippen LogP contribution in [0.3, 0.4) is 0 Å². The van der Waals surface area contributed by atoms with Crippen LogP contribution in [0.15, 0.2) is 12.1 Å². The lowest BCUT2D eigenvalue weighted by Crippen LogP contribution is -2.38. The third-order valence-electron chi connectivity index (χ3n) is 2.02. The van der Waals surface area contributed by atoms with E-state index in [1.54, 1.807) is 0 Å². The van der Waals surface area contributed by atoms with Crippen LogP contribution in [0, 0.1) is 11.6 Å². The quantitative estimate of drug-likeness (QED) is 0.695. The number of hydrogen-bond donors (Lipinski definition) is 3. The second-order valence-electron chi connectivity index (χ2n) is 4.35. The van der Waals surface area contributed by atoms with Crippen LogP contribution in [0.25, 0.3) is 0 Å². The van der Waals surface area contributed by atoms with Gasteiger partial charge in [0.25, 0.3) is 5.91 Å². The van der Waals surface area contributed by atoms with Crippen molar-refractivity contribution in [2.45, 2.75) is 19.4 Å². The number of anilines is 1. The number of halogens is 2. The van der Waals surface area contributed by atoms with Gasteiger partial charge in [-0.05, 0) is 19.9 Å². The number of carbonyl (C=O) groups is 1. The molecule has 0 spiro atoms. The fourth-order valence-corrected chi connectivity index (χ4v) is 1.15. The number of hydrogen-bond acceptors (Lipinski definition) is 3. The highest BCUT2D eigenvalue weighted by Crippen LogP contribution is 2.17. The molecule has 17 heavy (non-hydrogen) atoms. The summed E-state index contributed by atoms with van der Waals surface area (Å²) in [6.45, 7) is 2.98. The Morgan fingerprint density at radius 3 is 2.47 bits per heavy atom. The summed E-state index contributed by atoms with van der Waals surface area (Å²) in [6, 6.07) is 1.47. The predicted molar refractivity (Wildman–Crippen MR) is 59.4 cm³/mol. The van der Waals surface area contributed by atoms with E-state index in [1.807, 2.05) is 0 Å². The van der Waals surface area contributed by atoms with Gasteiger partial charge in [0, 0.05) is 18.3 Å². The number of nitrogens with one attached hydrogen (secondary N) is 1. The van der Waals surface area contributed by atoms with Gasteiger partial charge in [-0.25, -0.2) is 8.78 Å². The Bertz CT molecular complexity index is 442. The lowest BCUT2D eigenvalue weighted by molar-refractivity contribution is 0.0694. The molecular formula is C11H14F2N2O2. The van der Waals surface area contributed by atoms with E-state index in [4.69, 9.17) is 5.73 Å². The molecule has 0 fully saturated rings. The Morgan fingerprint density at radius 1 is 1.41 bits per heavy atom. The maximum Gasteiger partial charge on any atom is 0.253 e. The average molecular weight is 244 g/mol. The topological polar surface area (TPSA) is 75.3 Å². The smallest absolute Gasteiger partial charge is 0.253 e. The molecule has 6 heteroatoms. The molecule has 4 N–H and O–H groups in total. The Morgan fingerprint density at radius 2 is 1.94 bits per heavy atom. The second-order valence-corrected chi connectivity index (χ2v) is 4.35. The van der Waals surface area contributed by atoms with E-state index in [0.29, 0.717) is 0 Å². The molecule has 4 nitrogen and oxygen atoms in total. The van der Waals surface area contributed by atoms with Gasteiger partial charge in [0.15, 0.2) is 11.6 Å². The molecule has 0 aliphatic carbocycles. The van der Waals surface area contributed by atoms with Gasteiger partial charge in [0.2, 0.25) is 0 Å². The lowest BCUT2D eigenvalue weighted by Gasteiger charge is -2.18. The van der Waals surface area contributed by atoms with Crippen LogP contribution in [-0.4, -0.2) is 23.2 Å². The molecule has 0 saturated heterocycles. The van der Waals surface area contributed by atoms with E-state index in [0.717, 1.165) is 12.1 Å². The summed E-state index contributed by atoms with van der Waals surface area (Å²) in [4.78, 5) is 11.6. The van der Waals surface area contributed by atoms with Gasteiger partial charge in [0.1, 0.15) is 0 Å². The van der Waals surface area contributed by atoms with Gasteiger partial charge in [-0.2, -0.15) is 0 Å². The molecule has 1 amide bonds. The molecular weight excluding hydrogens is 230 g/mol. The van der Waals surface area contributed by atoms with Gasteiger partial charge >= 0.3 is 0 Å². The predicted octanol–water partition coefficient (Wildman–Crippen LogP) is 1.05. The summed E-state index contributed by atoms with van der Waals surface area (Å²) in [6.07, 6.45) is 0. The monoisotopic (exact) mass is 244 g/mol. The first-order chi connectivity index (χ1) is 7.70. The van der Waals surface area contributed by atoms with Crippen LogP contribution >= 0.6 is 0 Å². The first kappa shape index (κ1) is 13.4. The van der Waals surface area contributed by atoms with Crippen LogP contribution < -0.4 is 11.1 Å². The summed E-state index contributed by atoms with van der Waals surface area (Å²) in [7, 11) is 0. The van der Waals surface area contributed by atoms with Crippen LogP contribution in [-0.2, 0) is 0 Å². The zero-order valence-corrected chi connectivity index (χ0v) is 9.55. The van der Waals surface area contributed by atoms with Gasteiger partial charge in [-0.1, -0.05) is 0 Å². The lowest BCUT2D eigenvalue weighted by atomic mass is 10.1. The van der Waals surface area contributed by atoms with E-state index >= 15 is 0 Å². The second kappa shape index (κ2) is 4.67. The maximum absolute atomic E-state index is 12.9. The minimum absolute atomic E-state index is 0.0235. The van der Waals surface area contributed by atoms with Crippen molar-refractivity contribution < 1.29 is 18.7 Å². The number of benzene rings is 1. The maximum atomic E-state index is 12.9. The number of aliphatic hydroxyl groups is 1. The minimum atomic E-state index is -1.15. The molecule has 0 saturated carbocycles. The summed E-state index contributed by atoms with van der Waals surface area (Å²) >= 11 is 0. The summed E-state index contributed by atoms with van der Waals surface area (Å²) in [5.74, 6) is -2.92. The molecule has 0 aliphatic heterocycles. The van der Waals surface area contributed by atoms with Crippen LogP contribution in [0.1, 0.15) is 24.2 Å². The minimum Gasteiger partial charge on any atom is -0.398 e. The van der Waals surface area contributed by atoms with E-state index < -0.39 is 23.1 Å². The summed E-state index contributed by atoms with van der Waals surface area (Å²) in [5, 5.41) is 11.8. The Kier molecular flexibility index (Phi) is 3.67. The molecule has 94 valence electrons. The first-order valence-electron chi connectivity index (χ1n) is 4.96. The molecule has 0 radical (unpaired) electrons. The Hall–Kier alpha value is -1.69. The summed E-state index contributed by atoms with van der Waals surface area (Å²) < 4.78 is 25.7. The largest absolute Gasteiger partial charge is 0.398 e. The van der Waals surface area contributed by atoms with Crippen molar-refractivity contribution in [1.29, 1.82) is 0 Å². The molecule has 0 aliphatic rings. The van der Waals surface area contributed by atoms with Crippen molar-refractivity contribution in [3.05, 3.63) is 29.3 Å². The molecule has 0 bridgehead atoms. The zero-order valence-electron chi connectivity index (χ0n) is 9.55. The molecule has 0 atom stereocenters. The fraction of sp³-hybridized carbons (Fsp3) is 0.364. The van der Waals surface area contributed by atoms with Crippen LogP contribution in [0.5, 0.6) is 0 Å². The Labute approximate surface area is 97.4 Å². The van der Waals surface area contributed by atoms with E-state index in [2.05, 4.69) is 5.32 Å². The van der Waals surface area contributed by atoms with Gasteiger partial charge in [-0.15, -0.1) is 0 Å². The third kappa shape index (κ3) is 3.67. The van der Waals surface area contributed by atoms with Crippen LogP contribution in [0.4, 0.5) is 14.5 Å². The zero-order chi connectivity index (χ0) is 13.2. The fourth-order valence-electron chi connectivity index (χ4n) is 1.15. The normalized spacial score (nSPS) is 11.4. The van der Waals surface area contributed by atoms with Gasteiger partial charge in [-0.3, -0.25) is 4.79 Å². The van der Waals surface area contributed by atoms with Crippen molar-refractivity contribution in [2.24, 2.45) is 0 Å². The molecule has 0 heterocycles. The number of rotatable bonds is 3. The average Bonchev–Trinajstić information content (AvgIpc) is 2.19. The van der Waals surface area contributed by atoms with E-state index in [-0.39, 0.29) is 17.8 Å². The highest BCUT2D eigenvalue weighted by Gasteiger charge is 2.18. The van der Waals surface area contributed by atoms with E-state index in [9.17, 15) is 18.7 Å². The molecule has 1 rings (SSSR count). The van der Waals surface area contributed by atoms with Crippen molar-refractivity contribution >= 4 is 11.6 Å². The number of nitrogens with two attached hydrogens (primary N) is 1. The van der Waals surface area contributed by atoms with Gasteiger partial charge < -0.3 is 16.2 Å². The molecule has 0 unspecified atom stereocenters. The number of amides is 1. The molecule has 1 aromatic rings. The molecule has 0 aromatic heterocycles. The number of nitrogen functional groups attached to an aromatic ring is 1. The van der Waals surface area contributed by atoms with Crippen molar-refractivity contribution in [3.8, 4) is 0 Å². The SMILES string of the molecule is CC(C)(O)CNC(=O)c1cc(F)c(F)cc1N. The summed E-state index contributed by atoms with van der Waals surface area (Å²) in [5.41, 5.74) is 3.99. The number of carbonyl (C=O) groups excluding carboxylic acids is 1. The van der Waals surface area contributed by atoms with Crippen LogP contribution in [0.2, 0.25) is 0 Å². The van der Waals surface area contributed by atoms with Gasteiger partial charge in [0.05, 0.1) is 11.2 Å². The van der Waals surface area contributed by atoms with Crippen molar-refractivity contribution in [3.63, 3.8) is 0 Å². The first-order valence-corrected chi connectivity index (χ1v) is 4.96. The molecule has 1 aromatic carbocycles. The van der Waals surface area contributed by atoms with Crippen molar-refractivity contribution in [2.75, 3.05) is 12.3 Å². The standard InChI is InChI=1S/C11H14F2N2O2/c1-11(2,17)5-15-10(16)6-3-7(12)8(13)4-9(6)14/h3-4,17H,5,14H2,1-2H3,(H,15,16). The van der Waals surface area contributed by atoms with Crippen molar-refractivity contribution in [1.82, 2.24) is 5.32 Å².